The fraction of sp³-hybridized carbons (Fsp3) is 0.706. The minimum Gasteiger partial charge on any atom is -0.353 e. The molecule has 21 heavy (non-hydrogen) atoms. The quantitative estimate of drug-likeness (QED) is 0.783. The van der Waals surface area contributed by atoms with Crippen LogP contribution in [-0.2, 0) is 6.54 Å². The predicted molar refractivity (Wildman–Crippen MR) is 91.0 cm³/mol. The summed E-state index contributed by atoms with van der Waals surface area (Å²) in [5, 5.41) is 4.19. The van der Waals surface area contributed by atoms with Crippen LogP contribution >= 0.6 is 11.6 Å². The number of halogens is 1. The molecule has 0 saturated heterocycles. The number of hydrogen-bond donors (Lipinski definition) is 1. The van der Waals surface area contributed by atoms with Crippen molar-refractivity contribution in [1.82, 2.24) is 10.3 Å². The molecule has 1 aromatic rings. The first-order valence-electron chi connectivity index (χ1n) is 8.10. The van der Waals surface area contributed by atoms with E-state index in [2.05, 4.69) is 44.0 Å². The van der Waals surface area contributed by atoms with Gasteiger partial charge >= 0.3 is 0 Å². The first-order chi connectivity index (χ1) is 9.97. The molecule has 1 aliphatic rings. The van der Waals surface area contributed by atoms with Gasteiger partial charge in [0.25, 0.3) is 0 Å². The molecular formula is C17H28ClN3. The van der Waals surface area contributed by atoms with Gasteiger partial charge in [0.1, 0.15) is 5.82 Å². The Balaban J connectivity index is 2.08. The fourth-order valence-electron chi connectivity index (χ4n) is 2.45. The van der Waals surface area contributed by atoms with Crippen molar-refractivity contribution in [1.29, 1.82) is 0 Å². The second-order valence-electron chi connectivity index (χ2n) is 6.90. The molecule has 1 saturated carbocycles. The van der Waals surface area contributed by atoms with E-state index in [0.717, 1.165) is 36.2 Å². The second-order valence-corrected chi connectivity index (χ2v) is 7.31. The van der Waals surface area contributed by atoms with E-state index in [4.69, 9.17) is 16.6 Å². The minimum atomic E-state index is 0.635. The van der Waals surface area contributed by atoms with Crippen molar-refractivity contribution in [3.8, 4) is 0 Å². The maximum absolute atomic E-state index is 6.30. The number of aromatic nitrogens is 1. The van der Waals surface area contributed by atoms with Crippen LogP contribution in [0.3, 0.4) is 0 Å². The Hall–Kier alpha value is -0.800. The largest absolute Gasteiger partial charge is 0.353 e. The molecule has 1 heterocycles. The summed E-state index contributed by atoms with van der Waals surface area (Å²) in [6.45, 7) is 11.7. The van der Waals surface area contributed by atoms with Gasteiger partial charge in [0, 0.05) is 19.1 Å². The average Bonchev–Trinajstić information content (AvgIpc) is 3.22. The van der Waals surface area contributed by atoms with Crippen molar-refractivity contribution in [3.63, 3.8) is 0 Å². The van der Waals surface area contributed by atoms with Crippen LogP contribution in [-0.4, -0.2) is 24.1 Å². The normalized spacial score (nSPS) is 15.0. The summed E-state index contributed by atoms with van der Waals surface area (Å²) in [7, 11) is 0. The Labute approximate surface area is 134 Å². The van der Waals surface area contributed by atoms with Gasteiger partial charge in [0.05, 0.1) is 10.7 Å². The average molecular weight is 310 g/mol. The van der Waals surface area contributed by atoms with Crippen molar-refractivity contribution >= 4 is 17.4 Å². The molecule has 0 amide bonds. The molecule has 118 valence electrons. The lowest BCUT2D eigenvalue weighted by atomic mass is 10.2. The minimum absolute atomic E-state index is 0.635. The van der Waals surface area contributed by atoms with Gasteiger partial charge in [-0.15, -0.1) is 0 Å². The van der Waals surface area contributed by atoms with E-state index in [1.165, 1.54) is 12.8 Å². The standard InChI is InChI=1S/C17H28ClN3/c1-12(2)9-19-10-16-15(18)7-8-17(20-16)21(11-13(3)4)14-5-6-14/h7-8,12-14,19H,5-6,9-11H2,1-4H3. The van der Waals surface area contributed by atoms with E-state index < -0.39 is 0 Å². The molecule has 0 atom stereocenters. The van der Waals surface area contributed by atoms with Crippen molar-refractivity contribution in [2.24, 2.45) is 11.8 Å². The monoisotopic (exact) mass is 309 g/mol. The predicted octanol–water partition coefficient (Wildman–Crippen LogP) is 4.11. The third kappa shape index (κ3) is 5.15. The third-order valence-corrected chi connectivity index (χ3v) is 3.94. The Morgan fingerprint density at radius 2 is 1.95 bits per heavy atom. The molecule has 2 rings (SSSR count). The van der Waals surface area contributed by atoms with Gasteiger partial charge in [-0.1, -0.05) is 39.3 Å². The zero-order valence-corrected chi connectivity index (χ0v) is 14.5. The second kappa shape index (κ2) is 7.46. The van der Waals surface area contributed by atoms with Gasteiger partial charge in [0.2, 0.25) is 0 Å². The van der Waals surface area contributed by atoms with Crippen LogP contribution < -0.4 is 10.2 Å². The van der Waals surface area contributed by atoms with Gasteiger partial charge < -0.3 is 10.2 Å². The highest BCUT2D eigenvalue weighted by Crippen LogP contribution is 2.32. The number of rotatable bonds is 8. The van der Waals surface area contributed by atoms with Crippen molar-refractivity contribution in [2.45, 2.75) is 53.1 Å². The molecule has 0 aromatic carbocycles. The number of nitrogens with zero attached hydrogens (tertiary/aromatic N) is 2. The molecule has 0 bridgehead atoms. The summed E-state index contributed by atoms with van der Waals surface area (Å²) in [6.07, 6.45) is 2.58. The summed E-state index contributed by atoms with van der Waals surface area (Å²) in [4.78, 5) is 7.27. The maximum atomic E-state index is 6.30. The number of nitrogens with one attached hydrogen (secondary N) is 1. The molecule has 1 aliphatic carbocycles. The van der Waals surface area contributed by atoms with E-state index in [0.29, 0.717) is 17.9 Å². The van der Waals surface area contributed by atoms with Gasteiger partial charge in [-0.05, 0) is 43.4 Å². The van der Waals surface area contributed by atoms with Gasteiger partial charge in [-0.3, -0.25) is 0 Å². The van der Waals surface area contributed by atoms with Crippen LogP contribution in [0.5, 0.6) is 0 Å². The van der Waals surface area contributed by atoms with Crippen LogP contribution in [0.2, 0.25) is 5.02 Å². The van der Waals surface area contributed by atoms with E-state index in [9.17, 15) is 0 Å². The smallest absolute Gasteiger partial charge is 0.129 e. The van der Waals surface area contributed by atoms with Gasteiger partial charge in [-0.25, -0.2) is 4.98 Å². The maximum Gasteiger partial charge on any atom is 0.129 e. The zero-order valence-electron chi connectivity index (χ0n) is 13.7. The van der Waals surface area contributed by atoms with Crippen LogP contribution in [0, 0.1) is 11.8 Å². The lowest BCUT2D eigenvalue weighted by Gasteiger charge is -2.26. The van der Waals surface area contributed by atoms with Crippen molar-refractivity contribution in [3.05, 3.63) is 22.8 Å². The lowest BCUT2D eigenvalue weighted by molar-refractivity contribution is 0.547. The molecular weight excluding hydrogens is 282 g/mol. The first kappa shape index (κ1) is 16.6. The van der Waals surface area contributed by atoms with E-state index in [1.807, 2.05) is 6.07 Å². The highest BCUT2D eigenvalue weighted by molar-refractivity contribution is 6.31. The van der Waals surface area contributed by atoms with Crippen LogP contribution in [0.1, 0.15) is 46.2 Å². The summed E-state index contributed by atoms with van der Waals surface area (Å²) in [5.74, 6) is 2.36. The van der Waals surface area contributed by atoms with Crippen molar-refractivity contribution < 1.29 is 0 Å². The fourth-order valence-corrected chi connectivity index (χ4v) is 2.62. The highest BCUT2D eigenvalue weighted by atomic mass is 35.5. The molecule has 1 N–H and O–H groups in total. The zero-order chi connectivity index (χ0) is 15.4. The summed E-state index contributed by atoms with van der Waals surface area (Å²) in [5.41, 5.74) is 0.962. The highest BCUT2D eigenvalue weighted by Gasteiger charge is 2.30. The molecule has 0 aliphatic heterocycles. The van der Waals surface area contributed by atoms with Crippen LogP contribution in [0.25, 0.3) is 0 Å². The topological polar surface area (TPSA) is 28.2 Å². The van der Waals surface area contributed by atoms with Crippen LogP contribution in [0.4, 0.5) is 5.82 Å². The molecule has 0 unspecified atom stereocenters. The van der Waals surface area contributed by atoms with E-state index in [1.54, 1.807) is 0 Å². The molecule has 4 heteroatoms. The summed E-state index contributed by atoms with van der Waals surface area (Å²) < 4.78 is 0. The molecule has 3 nitrogen and oxygen atoms in total. The Kier molecular flexibility index (Phi) is 5.88. The Bertz CT molecular complexity index is 455. The molecule has 0 radical (unpaired) electrons. The number of hydrogen-bond acceptors (Lipinski definition) is 3. The van der Waals surface area contributed by atoms with E-state index in [-0.39, 0.29) is 0 Å². The molecule has 1 aromatic heterocycles. The number of anilines is 1. The molecule has 0 spiro atoms. The summed E-state index contributed by atoms with van der Waals surface area (Å²) in [6, 6.07) is 4.73. The third-order valence-electron chi connectivity index (χ3n) is 3.59. The van der Waals surface area contributed by atoms with Gasteiger partial charge in [0.15, 0.2) is 0 Å². The Morgan fingerprint density at radius 1 is 1.24 bits per heavy atom. The lowest BCUT2D eigenvalue weighted by Crippen LogP contribution is -2.31. The van der Waals surface area contributed by atoms with E-state index >= 15 is 0 Å². The van der Waals surface area contributed by atoms with Gasteiger partial charge in [-0.2, -0.15) is 0 Å². The SMILES string of the molecule is CC(C)CNCc1nc(N(CC(C)C)C2CC2)ccc1Cl. The van der Waals surface area contributed by atoms with Crippen LogP contribution in [0.15, 0.2) is 12.1 Å². The first-order valence-corrected chi connectivity index (χ1v) is 8.48. The molecule has 1 fully saturated rings. The summed E-state index contributed by atoms with van der Waals surface area (Å²) >= 11 is 6.30. The Morgan fingerprint density at radius 3 is 2.52 bits per heavy atom. The number of pyridine rings is 1. The van der Waals surface area contributed by atoms with Crippen molar-refractivity contribution in [2.75, 3.05) is 18.0 Å².